The second kappa shape index (κ2) is 4.07. The molecule has 1 aliphatic carbocycles. The van der Waals surface area contributed by atoms with Crippen LogP contribution in [0, 0.1) is 5.41 Å². The number of fused-ring (bicyclic) bond motifs is 2. The number of carbonyl (C=O) groups is 2. The minimum atomic E-state index is -1.46. The van der Waals surface area contributed by atoms with Gasteiger partial charge >= 0.3 is 5.97 Å². The molecular weight excluding hydrogens is 270 g/mol. The zero-order chi connectivity index (χ0) is 15.4. The van der Waals surface area contributed by atoms with Crippen LogP contribution in [0.5, 0.6) is 0 Å². The predicted octanol–water partition coefficient (Wildman–Crippen LogP) is 0.776. The molecule has 3 unspecified atom stereocenters. The fourth-order valence-corrected chi connectivity index (χ4v) is 3.58. The van der Waals surface area contributed by atoms with Crippen LogP contribution in [-0.4, -0.2) is 37.2 Å². The molecule has 0 bridgehead atoms. The maximum absolute atomic E-state index is 12.8. The number of esters is 1. The van der Waals surface area contributed by atoms with E-state index >= 15 is 0 Å². The van der Waals surface area contributed by atoms with Gasteiger partial charge in [0.1, 0.15) is 10.8 Å². The molecule has 0 radical (unpaired) electrons. The summed E-state index contributed by atoms with van der Waals surface area (Å²) in [6.45, 7) is 3.47. The van der Waals surface area contributed by atoms with Crippen molar-refractivity contribution in [2.75, 3.05) is 19.1 Å². The number of methoxy groups -OCH3 is 1. The summed E-state index contributed by atoms with van der Waals surface area (Å²) in [5.41, 5.74) is 1.04. The number of likely N-dealkylation sites (N-methyl/N-ethyl adjacent to an activating group) is 1. The summed E-state index contributed by atoms with van der Waals surface area (Å²) in [6, 6.07) is 7.12. The highest BCUT2D eigenvalue weighted by Crippen LogP contribution is 2.70. The zero-order valence-corrected chi connectivity index (χ0v) is 11.8. The molecule has 1 aromatic carbocycles. The molecule has 2 aliphatic rings. The molecule has 21 heavy (non-hydrogen) atoms. The van der Waals surface area contributed by atoms with E-state index in [0.29, 0.717) is 11.3 Å². The Hall–Kier alpha value is -2.36. The first-order valence-corrected chi connectivity index (χ1v) is 6.51. The number of hydrogen-bond donors (Lipinski definition) is 1. The SMILES string of the molecule is C=C=CC1(C(=O)OC)C(O)C12C(=O)N(C)c1ccccc12. The van der Waals surface area contributed by atoms with Crippen LogP contribution >= 0.6 is 0 Å². The van der Waals surface area contributed by atoms with Crippen LogP contribution in [0.25, 0.3) is 0 Å². The van der Waals surface area contributed by atoms with Crippen molar-refractivity contribution in [1.29, 1.82) is 0 Å². The quantitative estimate of drug-likeness (QED) is 0.644. The Morgan fingerprint density at radius 1 is 1.52 bits per heavy atom. The molecule has 3 atom stereocenters. The van der Waals surface area contributed by atoms with E-state index in [1.807, 2.05) is 0 Å². The Labute approximate surface area is 122 Å². The van der Waals surface area contributed by atoms with E-state index in [9.17, 15) is 14.7 Å². The monoisotopic (exact) mass is 285 g/mol. The first-order chi connectivity index (χ1) is 10.00. The number of ether oxygens (including phenoxy) is 1. The molecule has 5 nitrogen and oxygen atoms in total. The van der Waals surface area contributed by atoms with Gasteiger partial charge in [-0.2, -0.15) is 0 Å². The number of carbonyl (C=O) groups excluding carboxylic acids is 2. The van der Waals surface area contributed by atoms with Crippen LogP contribution in [0.1, 0.15) is 5.56 Å². The lowest BCUT2D eigenvalue weighted by Crippen LogP contribution is -2.35. The Kier molecular flexibility index (Phi) is 2.64. The molecule has 0 aromatic heterocycles. The zero-order valence-electron chi connectivity index (χ0n) is 11.8. The van der Waals surface area contributed by atoms with E-state index in [-0.39, 0.29) is 5.91 Å². The van der Waals surface area contributed by atoms with E-state index in [1.54, 1.807) is 31.3 Å². The highest BCUT2D eigenvalue weighted by Gasteiger charge is 2.87. The summed E-state index contributed by atoms with van der Waals surface area (Å²) in [5.74, 6) is -0.988. The maximum Gasteiger partial charge on any atom is 0.320 e. The summed E-state index contributed by atoms with van der Waals surface area (Å²) >= 11 is 0. The van der Waals surface area contributed by atoms with Gasteiger partial charge in [0.25, 0.3) is 0 Å². The van der Waals surface area contributed by atoms with Crippen molar-refractivity contribution >= 4 is 17.6 Å². The second-order valence-corrected chi connectivity index (χ2v) is 5.30. The fraction of sp³-hybridized carbons (Fsp3) is 0.312. The van der Waals surface area contributed by atoms with Crippen molar-refractivity contribution < 1.29 is 19.4 Å². The van der Waals surface area contributed by atoms with Crippen molar-refractivity contribution in [3.05, 3.63) is 48.2 Å². The summed E-state index contributed by atoms with van der Waals surface area (Å²) in [7, 11) is 2.86. The maximum atomic E-state index is 12.8. The minimum Gasteiger partial charge on any atom is -0.468 e. The predicted molar refractivity (Wildman–Crippen MR) is 75.7 cm³/mol. The summed E-state index contributed by atoms with van der Waals surface area (Å²) < 4.78 is 4.82. The van der Waals surface area contributed by atoms with Gasteiger partial charge in [-0.3, -0.25) is 9.59 Å². The fourth-order valence-electron chi connectivity index (χ4n) is 3.58. The van der Waals surface area contributed by atoms with Crippen LogP contribution in [0.2, 0.25) is 0 Å². The van der Waals surface area contributed by atoms with Crippen molar-refractivity contribution in [1.82, 2.24) is 0 Å². The number of para-hydroxylation sites is 1. The van der Waals surface area contributed by atoms with Crippen LogP contribution in [-0.2, 0) is 19.7 Å². The lowest BCUT2D eigenvalue weighted by molar-refractivity contribution is -0.147. The molecule has 1 spiro atoms. The van der Waals surface area contributed by atoms with Crippen molar-refractivity contribution in [3.63, 3.8) is 0 Å². The van der Waals surface area contributed by atoms with E-state index in [0.717, 1.165) is 0 Å². The Bertz CT molecular complexity index is 706. The van der Waals surface area contributed by atoms with E-state index < -0.39 is 22.9 Å². The van der Waals surface area contributed by atoms with Crippen molar-refractivity contribution in [2.24, 2.45) is 5.41 Å². The number of aliphatic hydroxyl groups excluding tert-OH is 1. The molecule has 1 amide bonds. The highest BCUT2D eigenvalue weighted by atomic mass is 16.5. The number of anilines is 1. The Morgan fingerprint density at radius 3 is 2.81 bits per heavy atom. The smallest absolute Gasteiger partial charge is 0.320 e. The Balaban J connectivity index is 2.30. The topological polar surface area (TPSA) is 66.8 Å². The number of amides is 1. The highest BCUT2D eigenvalue weighted by molar-refractivity contribution is 6.17. The van der Waals surface area contributed by atoms with Gasteiger partial charge in [-0.25, -0.2) is 0 Å². The van der Waals surface area contributed by atoms with Gasteiger partial charge in [0, 0.05) is 12.7 Å². The van der Waals surface area contributed by atoms with Crippen molar-refractivity contribution in [2.45, 2.75) is 11.5 Å². The molecule has 0 saturated heterocycles. The normalized spacial score (nSPS) is 32.6. The van der Waals surface area contributed by atoms with Crippen molar-refractivity contribution in [3.8, 4) is 0 Å². The molecule has 1 aromatic rings. The first kappa shape index (κ1) is 13.6. The molecular formula is C16H15NO4. The number of rotatable bonds is 2. The van der Waals surface area contributed by atoms with E-state index in [2.05, 4.69) is 12.3 Å². The van der Waals surface area contributed by atoms with Crippen LogP contribution in [0.3, 0.4) is 0 Å². The van der Waals surface area contributed by atoms with Gasteiger partial charge < -0.3 is 14.7 Å². The molecule has 1 fully saturated rings. The summed E-state index contributed by atoms with van der Waals surface area (Å²) in [5, 5.41) is 10.5. The molecule has 1 N–H and O–H groups in total. The molecule has 108 valence electrons. The van der Waals surface area contributed by atoms with Crippen LogP contribution < -0.4 is 4.90 Å². The number of benzene rings is 1. The van der Waals surface area contributed by atoms with Crippen LogP contribution in [0.15, 0.2) is 42.7 Å². The van der Waals surface area contributed by atoms with Gasteiger partial charge in [0.15, 0.2) is 0 Å². The average Bonchev–Trinajstić information content (AvgIpc) is 2.96. The van der Waals surface area contributed by atoms with Gasteiger partial charge in [-0.05, 0) is 17.7 Å². The average molecular weight is 285 g/mol. The van der Waals surface area contributed by atoms with Gasteiger partial charge in [0.05, 0.1) is 13.2 Å². The lowest BCUT2D eigenvalue weighted by atomic mass is 9.86. The molecule has 1 heterocycles. The van der Waals surface area contributed by atoms with Gasteiger partial charge in [-0.15, -0.1) is 5.73 Å². The van der Waals surface area contributed by atoms with Crippen LogP contribution in [0.4, 0.5) is 5.69 Å². The van der Waals surface area contributed by atoms with Gasteiger partial charge in [0.2, 0.25) is 5.91 Å². The Morgan fingerprint density at radius 2 is 2.19 bits per heavy atom. The third-order valence-electron chi connectivity index (χ3n) is 4.60. The number of nitrogens with zero attached hydrogens (tertiary/aromatic N) is 1. The van der Waals surface area contributed by atoms with Gasteiger partial charge in [-0.1, -0.05) is 24.8 Å². The largest absolute Gasteiger partial charge is 0.468 e. The first-order valence-electron chi connectivity index (χ1n) is 6.51. The molecule has 1 aliphatic heterocycles. The van der Waals surface area contributed by atoms with E-state index in [1.165, 1.54) is 18.1 Å². The lowest BCUT2D eigenvalue weighted by Gasteiger charge is -2.14. The van der Waals surface area contributed by atoms with E-state index in [4.69, 9.17) is 4.74 Å². The second-order valence-electron chi connectivity index (χ2n) is 5.30. The number of hydrogen-bond acceptors (Lipinski definition) is 4. The molecule has 5 heteroatoms. The molecule has 1 saturated carbocycles. The standard InChI is InChI=1S/C16H15NO4/c1-4-9-15(14(20)21-3)12(18)16(15)10-7-5-6-8-11(10)17(2)13(16)19/h5-9,12,18H,1H2,2-3H3. The summed E-state index contributed by atoms with van der Waals surface area (Å²) in [4.78, 5) is 26.5. The summed E-state index contributed by atoms with van der Waals surface area (Å²) in [6.07, 6.45) is 0.155. The molecule has 3 rings (SSSR count). The third kappa shape index (κ3) is 1.21. The number of aliphatic hydroxyl groups is 1. The minimum absolute atomic E-state index is 0.326. The third-order valence-corrected chi connectivity index (χ3v) is 4.60.